The lowest BCUT2D eigenvalue weighted by atomic mass is 9.86. The van der Waals surface area contributed by atoms with Gasteiger partial charge in [0.05, 0.1) is 16.5 Å². The molecule has 0 saturated heterocycles. The Labute approximate surface area is 169 Å². The molecule has 1 aliphatic rings. The Hall–Kier alpha value is -3.13. The van der Waals surface area contributed by atoms with Crippen molar-refractivity contribution in [2.45, 2.75) is 25.8 Å². The van der Waals surface area contributed by atoms with E-state index in [9.17, 15) is 14.0 Å². The van der Waals surface area contributed by atoms with Gasteiger partial charge in [-0.1, -0.05) is 29.8 Å². The van der Waals surface area contributed by atoms with E-state index in [1.165, 1.54) is 6.07 Å². The molecule has 0 fully saturated rings. The van der Waals surface area contributed by atoms with E-state index in [0.29, 0.717) is 46.8 Å². The van der Waals surface area contributed by atoms with Gasteiger partial charge >= 0.3 is 11.7 Å². The average molecular weight is 417 g/mol. The number of rotatable bonds is 5. The summed E-state index contributed by atoms with van der Waals surface area (Å²) < 4.78 is 14.6. The van der Waals surface area contributed by atoms with E-state index < -0.39 is 5.97 Å². The van der Waals surface area contributed by atoms with Gasteiger partial charge in [-0.15, -0.1) is 0 Å². The molecular formula is C20H18ClFN4O3. The standard InChI is InChI=1S/C20H18ClFN4O3/c21-14-8-16-18(26-20(29)24-16)25-17(14)23-9-13-6-5-12(7-15(13)22)10-1-3-11(4-2-10)19(27)28/h1,5-8,11H,2-4,9H2,(H,27,28)(H3,23,24,25,26,29). The number of carbonyl (C=O) groups is 1. The number of aromatic nitrogens is 3. The number of H-pyrrole nitrogens is 2. The Morgan fingerprint density at radius 2 is 2.17 bits per heavy atom. The van der Waals surface area contributed by atoms with Crippen LogP contribution in [0.2, 0.25) is 5.02 Å². The van der Waals surface area contributed by atoms with Crippen LogP contribution in [-0.4, -0.2) is 26.0 Å². The lowest BCUT2D eigenvalue weighted by molar-refractivity contribution is -0.141. The first kappa shape index (κ1) is 19.2. The number of anilines is 1. The van der Waals surface area contributed by atoms with Crippen molar-refractivity contribution in [2.24, 2.45) is 5.92 Å². The first-order chi connectivity index (χ1) is 13.9. The van der Waals surface area contributed by atoms with Gasteiger partial charge in [-0.05, 0) is 42.5 Å². The van der Waals surface area contributed by atoms with E-state index in [0.717, 1.165) is 11.1 Å². The van der Waals surface area contributed by atoms with Gasteiger partial charge in [0.2, 0.25) is 0 Å². The fourth-order valence-corrected chi connectivity index (χ4v) is 3.67. The summed E-state index contributed by atoms with van der Waals surface area (Å²) in [7, 11) is 0. The highest BCUT2D eigenvalue weighted by Gasteiger charge is 2.21. The first-order valence-electron chi connectivity index (χ1n) is 9.14. The number of nitrogens with one attached hydrogen (secondary N) is 3. The maximum atomic E-state index is 14.6. The summed E-state index contributed by atoms with van der Waals surface area (Å²) in [6.07, 6.45) is 3.51. The summed E-state index contributed by atoms with van der Waals surface area (Å²) >= 11 is 6.18. The van der Waals surface area contributed by atoms with Gasteiger partial charge in [0, 0.05) is 12.1 Å². The number of carboxylic acids is 1. The largest absolute Gasteiger partial charge is 0.481 e. The van der Waals surface area contributed by atoms with Crippen LogP contribution in [0, 0.1) is 11.7 Å². The molecule has 0 bridgehead atoms. The minimum absolute atomic E-state index is 0.166. The van der Waals surface area contributed by atoms with Crippen LogP contribution in [0.1, 0.15) is 30.4 Å². The van der Waals surface area contributed by atoms with E-state index in [1.807, 2.05) is 12.1 Å². The molecule has 3 aromatic rings. The number of imidazole rings is 1. The molecule has 9 heteroatoms. The third kappa shape index (κ3) is 4.02. The van der Waals surface area contributed by atoms with E-state index in [2.05, 4.69) is 20.3 Å². The topological polar surface area (TPSA) is 111 Å². The van der Waals surface area contributed by atoms with E-state index in [-0.39, 0.29) is 24.0 Å². The summed E-state index contributed by atoms with van der Waals surface area (Å²) in [4.78, 5) is 31.8. The number of fused-ring (bicyclic) bond motifs is 1. The number of halogens is 2. The Morgan fingerprint density at radius 3 is 2.86 bits per heavy atom. The zero-order chi connectivity index (χ0) is 20.5. The van der Waals surface area contributed by atoms with Crippen molar-refractivity contribution < 1.29 is 14.3 Å². The number of hydrogen-bond donors (Lipinski definition) is 4. The van der Waals surface area contributed by atoms with Crippen molar-refractivity contribution >= 4 is 40.1 Å². The second kappa shape index (κ2) is 7.71. The molecule has 1 aliphatic carbocycles. The third-order valence-electron chi connectivity index (χ3n) is 5.09. The predicted octanol–water partition coefficient (Wildman–Crippen LogP) is 3.92. The molecule has 0 amide bonds. The Kier molecular flexibility index (Phi) is 5.10. The van der Waals surface area contributed by atoms with Crippen molar-refractivity contribution in [1.82, 2.24) is 15.0 Å². The molecule has 7 nitrogen and oxygen atoms in total. The van der Waals surface area contributed by atoms with Crippen LogP contribution in [-0.2, 0) is 11.3 Å². The fraction of sp³-hybridized carbons (Fsp3) is 0.250. The number of nitrogens with zero attached hydrogens (tertiary/aromatic N) is 1. The van der Waals surface area contributed by atoms with Crippen LogP contribution in [0.25, 0.3) is 16.7 Å². The Morgan fingerprint density at radius 1 is 1.34 bits per heavy atom. The number of aromatic amines is 2. The normalized spacial score (nSPS) is 16.6. The van der Waals surface area contributed by atoms with E-state index in [4.69, 9.17) is 16.7 Å². The molecule has 150 valence electrons. The second-order valence-electron chi connectivity index (χ2n) is 6.99. The molecule has 0 radical (unpaired) electrons. The summed E-state index contributed by atoms with van der Waals surface area (Å²) in [5.74, 6) is -1.19. The molecule has 0 spiro atoms. The van der Waals surface area contributed by atoms with Crippen molar-refractivity contribution in [3.05, 3.63) is 62.8 Å². The van der Waals surface area contributed by atoms with Crippen LogP contribution >= 0.6 is 11.6 Å². The molecule has 4 N–H and O–H groups in total. The van der Waals surface area contributed by atoms with Crippen molar-refractivity contribution in [3.63, 3.8) is 0 Å². The summed E-state index contributed by atoms with van der Waals surface area (Å²) in [6.45, 7) is 0.166. The highest BCUT2D eigenvalue weighted by molar-refractivity contribution is 6.33. The lowest BCUT2D eigenvalue weighted by Gasteiger charge is -2.19. The van der Waals surface area contributed by atoms with Gasteiger partial charge in [-0.25, -0.2) is 14.2 Å². The van der Waals surface area contributed by atoms with Crippen molar-refractivity contribution in [3.8, 4) is 0 Å². The van der Waals surface area contributed by atoms with Gasteiger partial charge in [0.25, 0.3) is 0 Å². The van der Waals surface area contributed by atoms with Crippen molar-refractivity contribution in [1.29, 1.82) is 0 Å². The van der Waals surface area contributed by atoms with Crippen LogP contribution in [0.4, 0.5) is 10.2 Å². The molecule has 0 saturated carbocycles. The van der Waals surface area contributed by atoms with Crippen LogP contribution in [0.3, 0.4) is 0 Å². The Bertz CT molecular complexity index is 1180. The summed E-state index contributed by atoms with van der Waals surface area (Å²) in [5, 5.41) is 12.4. The molecule has 2 heterocycles. The number of pyridine rings is 1. The highest BCUT2D eigenvalue weighted by Crippen LogP contribution is 2.31. The zero-order valence-corrected chi connectivity index (χ0v) is 16.0. The maximum absolute atomic E-state index is 14.6. The number of benzene rings is 1. The van der Waals surface area contributed by atoms with Gasteiger partial charge in [0.1, 0.15) is 11.6 Å². The molecule has 1 atom stereocenters. The maximum Gasteiger partial charge on any atom is 0.325 e. The summed E-state index contributed by atoms with van der Waals surface area (Å²) in [6, 6.07) is 6.55. The molecule has 1 unspecified atom stereocenters. The van der Waals surface area contributed by atoms with Crippen molar-refractivity contribution in [2.75, 3.05) is 5.32 Å². The molecule has 2 aromatic heterocycles. The molecule has 4 rings (SSSR count). The lowest BCUT2D eigenvalue weighted by Crippen LogP contribution is -2.15. The van der Waals surface area contributed by atoms with Gasteiger partial charge < -0.3 is 15.4 Å². The SMILES string of the molecule is O=C(O)C1CC=C(c2ccc(CNc3nc4[nH]c(=O)[nH]c4cc3Cl)c(F)c2)CC1. The minimum atomic E-state index is -0.790. The third-order valence-corrected chi connectivity index (χ3v) is 5.37. The highest BCUT2D eigenvalue weighted by atomic mass is 35.5. The fourth-order valence-electron chi connectivity index (χ4n) is 3.45. The monoisotopic (exact) mass is 416 g/mol. The minimum Gasteiger partial charge on any atom is -0.481 e. The van der Waals surface area contributed by atoms with E-state index in [1.54, 1.807) is 12.1 Å². The molecular weight excluding hydrogens is 399 g/mol. The van der Waals surface area contributed by atoms with Gasteiger partial charge in [0.15, 0.2) is 5.65 Å². The van der Waals surface area contributed by atoms with Gasteiger partial charge in [-0.3, -0.25) is 9.78 Å². The van der Waals surface area contributed by atoms with Gasteiger partial charge in [-0.2, -0.15) is 0 Å². The number of aliphatic carboxylic acids is 1. The predicted molar refractivity (Wildman–Crippen MR) is 108 cm³/mol. The molecule has 1 aromatic carbocycles. The average Bonchev–Trinajstić information content (AvgIpc) is 3.05. The number of carboxylic acid groups (broad SMARTS) is 1. The molecule has 0 aliphatic heterocycles. The zero-order valence-electron chi connectivity index (χ0n) is 15.3. The quantitative estimate of drug-likeness (QED) is 0.503. The van der Waals surface area contributed by atoms with Crippen LogP contribution in [0.15, 0.2) is 35.1 Å². The smallest absolute Gasteiger partial charge is 0.325 e. The summed E-state index contributed by atoms with van der Waals surface area (Å²) in [5.41, 5.74) is 2.64. The number of allylic oxidation sites excluding steroid dienone is 2. The Balaban J connectivity index is 1.48. The van der Waals surface area contributed by atoms with Crippen LogP contribution in [0.5, 0.6) is 0 Å². The molecule has 29 heavy (non-hydrogen) atoms. The van der Waals surface area contributed by atoms with Crippen LogP contribution < -0.4 is 11.0 Å². The first-order valence-corrected chi connectivity index (χ1v) is 9.51. The van der Waals surface area contributed by atoms with E-state index >= 15 is 0 Å². The number of hydrogen-bond acceptors (Lipinski definition) is 4. The second-order valence-corrected chi connectivity index (χ2v) is 7.40.